The minimum atomic E-state index is -3.80. The third kappa shape index (κ3) is 10.1. The summed E-state index contributed by atoms with van der Waals surface area (Å²) < 4.78 is 37.5. The predicted molar refractivity (Wildman–Crippen MR) is 175 cm³/mol. The first-order valence-corrected chi connectivity index (χ1v) is 15.6. The molecule has 0 aliphatic heterocycles. The highest BCUT2D eigenvalue weighted by Crippen LogP contribution is 2.35. The Kier molecular flexibility index (Phi) is 12.6. The Morgan fingerprint density at radius 1 is 0.894 bits per heavy atom. The van der Waals surface area contributed by atoms with Crippen LogP contribution in [0.4, 0.5) is 13.6 Å². The number of methoxy groups -OCH3 is 1. The maximum Gasteiger partial charge on any atom is 0.408 e. The van der Waals surface area contributed by atoms with Crippen LogP contribution in [0.5, 0.6) is 0 Å². The molecule has 1 aromatic heterocycles. The zero-order valence-electron chi connectivity index (χ0n) is 27.8. The van der Waals surface area contributed by atoms with E-state index >= 15 is 8.78 Å². The number of ether oxygens (including phenoxy) is 1. The number of aliphatic hydroxyl groups excluding tert-OH is 1. The number of rotatable bonds is 14. The van der Waals surface area contributed by atoms with Crippen LogP contribution in [0.25, 0.3) is 0 Å². The normalized spacial score (nSPS) is 15.1. The molecular formula is C36H46F2N4O5. The molecule has 3 unspecified atom stereocenters. The van der Waals surface area contributed by atoms with E-state index in [9.17, 15) is 19.5 Å². The fourth-order valence-corrected chi connectivity index (χ4v) is 5.49. The third-order valence-corrected chi connectivity index (χ3v) is 7.91. The van der Waals surface area contributed by atoms with E-state index in [0.29, 0.717) is 11.1 Å². The standard InChI is InChI=1S/C36H46F2N4O5/c1-24(2)36(42-33(46)47-6,29-19-13-14-20-39-29)32(45)41-27(21-25-15-9-7-10-16-25)31(44)35(37,38)22-28(26-17-11-8-12-18-26)40-30(43)23-34(3,4)5/h7-20,24,27-28,31,44H,21-23H2,1-6H3,(H,40,43)(H,41,45)(H,42,46)/t27?,28?,31?,36-/m1/s1. The molecule has 254 valence electrons. The van der Waals surface area contributed by atoms with E-state index in [-0.39, 0.29) is 24.0 Å². The molecule has 0 fully saturated rings. The molecule has 47 heavy (non-hydrogen) atoms. The van der Waals surface area contributed by atoms with Gasteiger partial charge in [-0.2, -0.15) is 0 Å². The number of halogens is 2. The number of pyridine rings is 1. The first-order valence-electron chi connectivity index (χ1n) is 15.6. The van der Waals surface area contributed by atoms with E-state index < -0.39 is 59.9 Å². The first kappa shape index (κ1) is 37.1. The molecule has 0 aliphatic rings. The molecule has 1 heterocycles. The number of nitrogens with one attached hydrogen (secondary N) is 3. The molecule has 11 heteroatoms. The Labute approximate surface area is 275 Å². The van der Waals surface area contributed by atoms with Gasteiger partial charge in [-0.05, 0) is 41.0 Å². The fourth-order valence-electron chi connectivity index (χ4n) is 5.49. The maximum atomic E-state index is 16.3. The largest absolute Gasteiger partial charge is 0.453 e. The Bertz CT molecular complexity index is 1450. The molecule has 0 radical (unpaired) electrons. The van der Waals surface area contributed by atoms with Crippen molar-refractivity contribution in [2.75, 3.05) is 7.11 Å². The molecule has 0 saturated heterocycles. The van der Waals surface area contributed by atoms with Crippen molar-refractivity contribution in [2.24, 2.45) is 11.3 Å². The molecule has 4 N–H and O–H groups in total. The molecule has 0 bridgehead atoms. The fraction of sp³-hybridized carbons (Fsp3) is 0.444. The van der Waals surface area contributed by atoms with Crippen LogP contribution < -0.4 is 16.0 Å². The minimum Gasteiger partial charge on any atom is -0.453 e. The highest BCUT2D eigenvalue weighted by Gasteiger charge is 2.50. The molecule has 0 saturated carbocycles. The van der Waals surface area contributed by atoms with Crippen LogP contribution in [-0.4, -0.2) is 53.2 Å². The lowest BCUT2D eigenvalue weighted by molar-refractivity contribution is -0.144. The number of alkyl carbamates (subject to hydrolysis) is 1. The van der Waals surface area contributed by atoms with Gasteiger partial charge >= 0.3 is 6.09 Å². The van der Waals surface area contributed by atoms with Gasteiger partial charge in [0.2, 0.25) is 5.91 Å². The van der Waals surface area contributed by atoms with E-state index in [1.807, 2.05) is 20.8 Å². The Morgan fingerprint density at radius 3 is 2.02 bits per heavy atom. The van der Waals surface area contributed by atoms with Crippen molar-refractivity contribution in [3.63, 3.8) is 0 Å². The van der Waals surface area contributed by atoms with Gasteiger partial charge in [0.25, 0.3) is 11.8 Å². The summed E-state index contributed by atoms with van der Waals surface area (Å²) in [5.41, 5.74) is -1.04. The number of carbonyl (C=O) groups is 3. The molecule has 4 atom stereocenters. The van der Waals surface area contributed by atoms with Gasteiger partial charge < -0.3 is 25.8 Å². The van der Waals surface area contributed by atoms with E-state index in [4.69, 9.17) is 4.74 Å². The summed E-state index contributed by atoms with van der Waals surface area (Å²) in [7, 11) is 1.14. The number of hydrogen-bond donors (Lipinski definition) is 4. The summed E-state index contributed by atoms with van der Waals surface area (Å²) in [6, 6.07) is 19.1. The Balaban J connectivity index is 2.02. The zero-order chi connectivity index (χ0) is 34.8. The van der Waals surface area contributed by atoms with Gasteiger partial charge in [0.1, 0.15) is 6.10 Å². The van der Waals surface area contributed by atoms with Crippen molar-refractivity contribution >= 4 is 17.9 Å². The summed E-state index contributed by atoms with van der Waals surface area (Å²) in [5.74, 6) is -5.70. The second-order valence-corrected chi connectivity index (χ2v) is 13.2. The van der Waals surface area contributed by atoms with Crippen molar-refractivity contribution in [1.29, 1.82) is 0 Å². The molecule has 3 amide bonds. The monoisotopic (exact) mass is 652 g/mol. The zero-order valence-corrected chi connectivity index (χ0v) is 27.8. The molecule has 3 rings (SSSR count). The highest BCUT2D eigenvalue weighted by molar-refractivity contribution is 5.91. The highest BCUT2D eigenvalue weighted by atomic mass is 19.3. The van der Waals surface area contributed by atoms with Gasteiger partial charge in [0, 0.05) is 19.0 Å². The minimum absolute atomic E-state index is 0.106. The van der Waals surface area contributed by atoms with Gasteiger partial charge in [0.15, 0.2) is 5.54 Å². The SMILES string of the molecule is COC(=O)N[C@@](C(=O)NC(Cc1ccccc1)C(O)C(F)(F)CC(NC(=O)CC(C)(C)C)c1ccccc1)(c1ccccn1)C(C)C. The Hall–Kier alpha value is -4.38. The van der Waals surface area contributed by atoms with E-state index in [2.05, 4.69) is 20.9 Å². The van der Waals surface area contributed by atoms with E-state index in [0.717, 1.165) is 7.11 Å². The lowest BCUT2D eigenvalue weighted by Crippen LogP contribution is -2.64. The number of aliphatic hydroxyl groups is 1. The van der Waals surface area contributed by atoms with Crippen LogP contribution in [0.1, 0.15) is 70.3 Å². The average Bonchev–Trinajstić information content (AvgIpc) is 3.02. The van der Waals surface area contributed by atoms with Crippen LogP contribution in [0, 0.1) is 11.3 Å². The lowest BCUT2D eigenvalue weighted by Gasteiger charge is -2.39. The van der Waals surface area contributed by atoms with Crippen LogP contribution in [0.2, 0.25) is 0 Å². The summed E-state index contributed by atoms with van der Waals surface area (Å²) in [4.78, 5) is 44.1. The predicted octanol–water partition coefficient (Wildman–Crippen LogP) is 5.70. The van der Waals surface area contributed by atoms with Crippen molar-refractivity contribution in [1.82, 2.24) is 20.9 Å². The number of carbonyl (C=O) groups excluding carboxylic acids is 3. The topological polar surface area (TPSA) is 130 Å². The molecule has 2 aromatic carbocycles. The third-order valence-electron chi connectivity index (χ3n) is 7.91. The number of amides is 3. The lowest BCUT2D eigenvalue weighted by atomic mass is 9.81. The first-order chi connectivity index (χ1) is 22.1. The number of nitrogens with zero attached hydrogens (tertiary/aromatic N) is 1. The number of hydrogen-bond acceptors (Lipinski definition) is 6. The molecule has 9 nitrogen and oxygen atoms in total. The van der Waals surface area contributed by atoms with Crippen LogP contribution >= 0.6 is 0 Å². The number of alkyl halides is 2. The van der Waals surface area contributed by atoms with E-state index in [1.165, 1.54) is 12.3 Å². The molecular weight excluding hydrogens is 606 g/mol. The van der Waals surface area contributed by atoms with Crippen LogP contribution in [0.15, 0.2) is 85.1 Å². The summed E-state index contributed by atoms with van der Waals surface area (Å²) in [5, 5.41) is 19.4. The quantitative estimate of drug-likeness (QED) is 0.177. The maximum absolute atomic E-state index is 16.3. The van der Waals surface area contributed by atoms with Crippen molar-refractivity contribution in [3.05, 3.63) is 102 Å². The van der Waals surface area contributed by atoms with Gasteiger partial charge in [-0.15, -0.1) is 0 Å². The van der Waals surface area contributed by atoms with Gasteiger partial charge in [-0.25, -0.2) is 13.6 Å². The van der Waals surface area contributed by atoms with Gasteiger partial charge in [-0.3, -0.25) is 14.6 Å². The smallest absolute Gasteiger partial charge is 0.408 e. The van der Waals surface area contributed by atoms with Crippen molar-refractivity contribution in [2.45, 2.75) is 83.5 Å². The van der Waals surface area contributed by atoms with Crippen molar-refractivity contribution < 1.29 is 33.0 Å². The molecule has 0 aliphatic carbocycles. The average molecular weight is 653 g/mol. The van der Waals surface area contributed by atoms with E-state index in [1.54, 1.807) is 86.6 Å². The number of aromatic nitrogens is 1. The molecule has 0 spiro atoms. The number of benzene rings is 2. The summed E-state index contributed by atoms with van der Waals surface area (Å²) >= 11 is 0. The van der Waals surface area contributed by atoms with Gasteiger partial charge in [0.05, 0.1) is 24.9 Å². The Morgan fingerprint density at radius 2 is 1.49 bits per heavy atom. The summed E-state index contributed by atoms with van der Waals surface area (Å²) in [6.07, 6.45) is -2.88. The summed E-state index contributed by atoms with van der Waals surface area (Å²) in [6.45, 7) is 8.96. The second kappa shape index (κ2) is 15.9. The van der Waals surface area contributed by atoms with Crippen LogP contribution in [0.3, 0.4) is 0 Å². The van der Waals surface area contributed by atoms with Crippen molar-refractivity contribution in [3.8, 4) is 0 Å². The second-order valence-electron chi connectivity index (χ2n) is 13.2. The van der Waals surface area contributed by atoms with Crippen LogP contribution in [-0.2, 0) is 26.3 Å². The molecule has 3 aromatic rings. The van der Waals surface area contributed by atoms with Gasteiger partial charge in [-0.1, -0.05) is 101 Å².